The highest BCUT2D eigenvalue weighted by Crippen LogP contribution is 2.42. The highest BCUT2D eigenvalue weighted by atomic mass is 16.5. The summed E-state index contributed by atoms with van der Waals surface area (Å²) in [5, 5.41) is 10.6. The molecule has 0 aliphatic carbocycles. The number of hydrogen-bond acceptors (Lipinski definition) is 2. The lowest BCUT2D eigenvalue weighted by molar-refractivity contribution is -0.0485. The Kier molecular flexibility index (Phi) is 3.10. The van der Waals surface area contributed by atoms with E-state index in [9.17, 15) is 5.11 Å². The number of rotatable bonds is 2. The van der Waals surface area contributed by atoms with E-state index in [1.54, 1.807) is 7.11 Å². The molecule has 1 aromatic rings. The Balaban J connectivity index is 3.26. The molecule has 2 heteroatoms. The third kappa shape index (κ3) is 2.15. The predicted octanol–water partition coefficient (Wildman–Crippen LogP) is 2.95. The Morgan fingerprint density at radius 2 is 1.60 bits per heavy atom. The molecule has 1 aromatic carbocycles. The second-order valence-corrected chi connectivity index (χ2v) is 5.02. The van der Waals surface area contributed by atoms with Gasteiger partial charge in [0.1, 0.15) is 5.75 Å². The van der Waals surface area contributed by atoms with Gasteiger partial charge in [-0.05, 0) is 18.4 Å². The summed E-state index contributed by atoms with van der Waals surface area (Å²) in [6.45, 7) is 7.86. The van der Waals surface area contributed by atoms with Gasteiger partial charge in [0, 0.05) is 5.56 Å². The molecule has 1 rings (SSSR count). The van der Waals surface area contributed by atoms with Crippen molar-refractivity contribution in [2.24, 2.45) is 5.41 Å². The van der Waals surface area contributed by atoms with E-state index in [1.807, 2.05) is 52.0 Å². The van der Waals surface area contributed by atoms with Gasteiger partial charge in [0.05, 0.1) is 12.7 Å². The fourth-order valence-corrected chi connectivity index (χ4v) is 1.45. The molecule has 2 nitrogen and oxygen atoms in total. The van der Waals surface area contributed by atoms with Gasteiger partial charge in [0.25, 0.3) is 0 Å². The molecule has 0 spiro atoms. The van der Waals surface area contributed by atoms with Crippen molar-refractivity contribution < 1.29 is 9.84 Å². The van der Waals surface area contributed by atoms with Crippen LogP contribution in [0.4, 0.5) is 0 Å². The van der Waals surface area contributed by atoms with Crippen molar-refractivity contribution in [2.45, 2.75) is 33.3 Å². The zero-order chi connectivity index (χ0) is 11.7. The van der Waals surface area contributed by atoms with Crippen molar-refractivity contribution in [3.63, 3.8) is 0 Å². The minimum atomic E-state index is -0.903. The topological polar surface area (TPSA) is 29.5 Å². The van der Waals surface area contributed by atoms with E-state index in [1.165, 1.54) is 0 Å². The third-order valence-electron chi connectivity index (χ3n) is 3.09. The molecule has 1 N–H and O–H groups in total. The normalized spacial score (nSPS) is 15.9. The Bertz CT molecular complexity index is 335. The van der Waals surface area contributed by atoms with Gasteiger partial charge in [-0.2, -0.15) is 0 Å². The number of hydrogen-bond donors (Lipinski definition) is 1. The maximum Gasteiger partial charge on any atom is 0.124 e. The fourth-order valence-electron chi connectivity index (χ4n) is 1.45. The average molecular weight is 208 g/mol. The quantitative estimate of drug-likeness (QED) is 0.809. The first-order valence-corrected chi connectivity index (χ1v) is 5.16. The number of para-hydroxylation sites is 1. The van der Waals surface area contributed by atoms with E-state index in [0.29, 0.717) is 0 Å². The molecule has 1 atom stereocenters. The highest BCUT2D eigenvalue weighted by molar-refractivity contribution is 5.38. The fraction of sp³-hybridized carbons (Fsp3) is 0.538. The second kappa shape index (κ2) is 3.86. The summed E-state index contributed by atoms with van der Waals surface area (Å²) in [5.41, 5.74) is -0.304. The number of methoxy groups -OCH3 is 1. The summed E-state index contributed by atoms with van der Waals surface area (Å²) in [6.07, 6.45) is 0. The van der Waals surface area contributed by atoms with Crippen LogP contribution in [0.15, 0.2) is 24.3 Å². The molecular weight excluding hydrogens is 188 g/mol. The molecule has 0 aromatic heterocycles. The molecule has 0 radical (unpaired) electrons. The van der Waals surface area contributed by atoms with Crippen LogP contribution in [0.1, 0.15) is 33.3 Å². The summed E-state index contributed by atoms with van der Waals surface area (Å²) in [5.74, 6) is 0.734. The van der Waals surface area contributed by atoms with Gasteiger partial charge >= 0.3 is 0 Å². The summed E-state index contributed by atoms with van der Waals surface area (Å²) < 4.78 is 5.27. The minimum Gasteiger partial charge on any atom is -0.496 e. The van der Waals surface area contributed by atoms with Gasteiger partial charge in [-0.25, -0.2) is 0 Å². The molecule has 0 fully saturated rings. The Morgan fingerprint density at radius 1 is 1.07 bits per heavy atom. The minimum absolute atomic E-state index is 0.234. The number of aliphatic hydroxyl groups is 1. The van der Waals surface area contributed by atoms with Crippen molar-refractivity contribution in [1.82, 2.24) is 0 Å². The molecule has 0 bridgehead atoms. The molecule has 0 unspecified atom stereocenters. The van der Waals surface area contributed by atoms with Crippen LogP contribution in [0.25, 0.3) is 0 Å². The molecule has 84 valence electrons. The largest absolute Gasteiger partial charge is 0.496 e. The highest BCUT2D eigenvalue weighted by Gasteiger charge is 2.38. The van der Waals surface area contributed by atoms with Crippen molar-refractivity contribution in [3.8, 4) is 5.75 Å². The summed E-state index contributed by atoms with van der Waals surface area (Å²) in [7, 11) is 1.62. The zero-order valence-corrected chi connectivity index (χ0v) is 10.2. The first-order valence-electron chi connectivity index (χ1n) is 5.16. The van der Waals surface area contributed by atoms with E-state index in [2.05, 4.69) is 0 Å². The van der Waals surface area contributed by atoms with Crippen LogP contribution in [0.3, 0.4) is 0 Å². The lowest BCUT2D eigenvalue weighted by atomic mass is 9.73. The van der Waals surface area contributed by atoms with Crippen LogP contribution >= 0.6 is 0 Å². The smallest absolute Gasteiger partial charge is 0.124 e. The van der Waals surface area contributed by atoms with Gasteiger partial charge < -0.3 is 9.84 Å². The van der Waals surface area contributed by atoms with Crippen LogP contribution in [-0.2, 0) is 5.60 Å². The van der Waals surface area contributed by atoms with E-state index < -0.39 is 5.60 Å². The van der Waals surface area contributed by atoms with E-state index >= 15 is 0 Å². The van der Waals surface area contributed by atoms with Crippen LogP contribution in [-0.4, -0.2) is 12.2 Å². The average Bonchev–Trinajstić information content (AvgIpc) is 2.16. The summed E-state index contributed by atoms with van der Waals surface area (Å²) in [6, 6.07) is 7.60. The van der Waals surface area contributed by atoms with Crippen molar-refractivity contribution in [1.29, 1.82) is 0 Å². The molecule has 0 heterocycles. The van der Waals surface area contributed by atoms with Crippen LogP contribution in [0.5, 0.6) is 5.75 Å². The molecule has 0 aliphatic heterocycles. The van der Waals surface area contributed by atoms with E-state index in [0.717, 1.165) is 11.3 Å². The van der Waals surface area contributed by atoms with Crippen LogP contribution in [0.2, 0.25) is 0 Å². The van der Waals surface area contributed by atoms with Crippen molar-refractivity contribution in [2.75, 3.05) is 7.11 Å². The van der Waals surface area contributed by atoms with Gasteiger partial charge in [-0.15, -0.1) is 0 Å². The number of benzene rings is 1. The van der Waals surface area contributed by atoms with Gasteiger partial charge in [0.2, 0.25) is 0 Å². The van der Waals surface area contributed by atoms with E-state index in [4.69, 9.17) is 4.74 Å². The summed E-state index contributed by atoms with van der Waals surface area (Å²) in [4.78, 5) is 0. The van der Waals surface area contributed by atoms with Gasteiger partial charge in [-0.1, -0.05) is 39.0 Å². The van der Waals surface area contributed by atoms with Crippen molar-refractivity contribution >= 4 is 0 Å². The maximum absolute atomic E-state index is 10.6. The number of ether oxygens (including phenoxy) is 1. The van der Waals surface area contributed by atoms with Crippen LogP contribution in [0, 0.1) is 5.41 Å². The molecular formula is C13H20O2. The standard InChI is InChI=1S/C13H20O2/c1-12(2,3)13(4,14)10-8-6-7-9-11(10)15-5/h6-9,14H,1-5H3/t13-/m1/s1. The molecule has 0 saturated carbocycles. The van der Waals surface area contributed by atoms with Gasteiger partial charge in [-0.3, -0.25) is 0 Å². The first-order chi connectivity index (χ1) is 6.80. The monoisotopic (exact) mass is 208 g/mol. The lowest BCUT2D eigenvalue weighted by Gasteiger charge is -2.38. The van der Waals surface area contributed by atoms with Gasteiger partial charge in [0.15, 0.2) is 0 Å². The Morgan fingerprint density at radius 3 is 2.07 bits per heavy atom. The lowest BCUT2D eigenvalue weighted by Crippen LogP contribution is -2.37. The first kappa shape index (κ1) is 12.1. The van der Waals surface area contributed by atoms with Crippen LogP contribution < -0.4 is 4.74 Å². The summed E-state index contributed by atoms with van der Waals surface area (Å²) >= 11 is 0. The third-order valence-corrected chi connectivity index (χ3v) is 3.09. The second-order valence-electron chi connectivity index (χ2n) is 5.02. The molecule has 0 saturated heterocycles. The SMILES string of the molecule is COc1ccccc1[C@@](C)(O)C(C)(C)C. The van der Waals surface area contributed by atoms with E-state index in [-0.39, 0.29) is 5.41 Å². The Labute approximate surface area is 91.9 Å². The molecule has 0 aliphatic rings. The molecule has 15 heavy (non-hydrogen) atoms. The predicted molar refractivity (Wildman–Crippen MR) is 62.0 cm³/mol. The van der Waals surface area contributed by atoms with Crippen molar-refractivity contribution in [3.05, 3.63) is 29.8 Å². The molecule has 0 amide bonds. The Hall–Kier alpha value is -1.02. The zero-order valence-electron chi connectivity index (χ0n) is 10.2. The maximum atomic E-state index is 10.6.